The molecule has 786 valence electrons. The Morgan fingerprint density at radius 3 is 0.803 bits per heavy atom. The largest absolute Gasteiger partial charge is 0.445 e. The minimum Gasteiger partial charge on any atom is -0.445 e. The Morgan fingerprint density at radius 1 is 0.320 bits per heavy atom. The molecule has 9 aliphatic rings. The third kappa shape index (κ3) is 26.2. The van der Waals surface area contributed by atoms with Gasteiger partial charge in [-0.1, -0.05) is 172 Å². The number of likely N-dealkylation sites (tertiary alicyclic amines) is 3. The SMILES string of the molecule is CC(C)(C)c1ccc2c(n1)N1C[C@@H](CCC(C3CCN(C(=O)OCc4ccccc4)CC3)Nc3cccc(n3)S(=O)(=O)NC2=O)CC1(C)C.CC(C)(C)c1ccc2c(n1)N1C[C@@H](CCC(C3CCN(C(=O)OCc4ccccc4)CC3)Nc3cccc(n3)S(=O)(=O)NC2=O)CC1(C)C.CC(C)(C)c1ccc2c(n1)N1C[C@@H](CCC(C3CCN(C(=O)OCc4ccccc4)CC3)Nc3cccc(n3)S(=O)(=O)NC2=O)CC1(C)C. The van der Waals surface area contributed by atoms with Crippen molar-refractivity contribution in [2.75, 3.05) is 89.6 Å². The number of nitrogens with one attached hydrogen (secondary N) is 6. The predicted octanol–water partition coefficient (Wildman–Crippen LogP) is 18.4. The first-order valence-electron chi connectivity index (χ1n) is 51.8. The minimum absolute atomic E-state index is 0.00253. The Morgan fingerprint density at radius 2 is 0.565 bits per heavy atom. The lowest BCUT2D eigenvalue weighted by Gasteiger charge is -2.36. The highest BCUT2D eigenvalue weighted by Crippen LogP contribution is 2.47. The molecule has 6 saturated heterocycles. The molecule has 3 unspecified atom stereocenters. The Bertz CT molecular complexity index is 5980. The van der Waals surface area contributed by atoms with Gasteiger partial charge in [0, 0.05) is 127 Å². The van der Waals surface area contributed by atoms with Crippen LogP contribution in [-0.2, 0) is 80.3 Å². The molecule has 6 atom stereocenters. The summed E-state index contributed by atoms with van der Waals surface area (Å²) in [7, 11) is -12.9. The number of fused-ring (bicyclic) bond motifs is 18. The van der Waals surface area contributed by atoms with Crippen LogP contribution >= 0.6 is 0 Å². The summed E-state index contributed by atoms with van der Waals surface area (Å²) in [5.74, 6) is 2.32. The Balaban J connectivity index is 0.000000158. The monoisotopic (exact) mass is 2070 g/mol. The van der Waals surface area contributed by atoms with E-state index in [1.807, 2.05) is 91.0 Å². The minimum atomic E-state index is -4.29. The van der Waals surface area contributed by atoms with Gasteiger partial charge in [0.2, 0.25) is 0 Å². The van der Waals surface area contributed by atoms with Gasteiger partial charge in [-0.25, -0.2) is 58.5 Å². The number of rotatable bonds is 9. The van der Waals surface area contributed by atoms with E-state index in [0.717, 1.165) is 130 Å². The predicted molar refractivity (Wildman–Crippen MR) is 567 cm³/mol. The molecule has 36 heteroatoms. The van der Waals surface area contributed by atoms with Crippen LogP contribution in [0.5, 0.6) is 0 Å². The number of aromatic nitrogens is 6. The second kappa shape index (κ2) is 44.1. The fraction of sp³-hybridized carbons (Fsp3) is 0.514. The van der Waals surface area contributed by atoms with E-state index in [2.05, 4.69) is 164 Å². The lowest BCUT2D eigenvalue weighted by atomic mass is 9.84. The number of amides is 6. The van der Waals surface area contributed by atoms with Gasteiger partial charge in [-0.15, -0.1) is 0 Å². The number of anilines is 6. The highest BCUT2D eigenvalue weighted by molar-refractivity contribution is 7.90. The summed E-state index contributed by atoms with van der Waals surface area (Å²) in [6.07, 6.45) is 11.8. The van der Waals surface area contributed by atoms with Crippen LogP contribution in [0.3, 0.4) is 0 Å². The van der Waals surface area contributed by atoms with Crippen LogP contribution in [0.1, 0.15) is 265 Å². The van der Waals surface area contributed by atoms with Crippen molar-refractivity contribution in [1.82, 2.24) is 58.8 Å². The Hall–Kier alpha value is -12.6. The highest BCUT2D eigenvalue weighted by atomic mass is 32.2. The lowest BCUT2D eigenvalue weighted by molar-refractivity contribution is 0.0793. The molecule has 6 aromatic heterocycles. The van der Waals surface area contributed by atoms with Gasteiger partial charge in [0.1, 0.15) is 54.7 Å². The van der Waals surface area contributed by atoms with Crippen molar-refractivity contribution >= 4 is 101 Å². The average molecular weight is 2070 g/mol. The van der Waals surface area contributed by atoms with E-state index in [0.29, 0.717) is 112 Å². The van der Waals surface area contributed by atoms with Gasteiger partial charge in [-0.2, -0.15) is 25.3 Å². The molecule has 3 aromatic carbocycles. The van der Waals surface area contributed by atoms with Crippen LogP contribution in [0.15, 0.2) is 197 Å². The average Bonchev–Trinajstić information content (AvgIpc) is 1.55. The van der Waals surface area contributed by atoms with E-state index in [1.165, 1.54) is 18.2 Å². The Kier molecular flexibility index (Phi) is 32.1. The maximum Gasteiger partial charge on any atom is 0.410 e. The third-order valence-electron chi connectivity index (χ3n) is 30.4. The number of hydrogen-bond donors (Lipinski definition) is 6. The first-order chi connectivity index (χ1) is 69.6. The van der Waals surface area contributed by atoms with E-state index < -0.39 is 47.8 Å². The standard InChI is InChI=1S/3C37H48N6O5S/c3*1-36(2,3)30-17-15-28-33(39-30)43-23-26(22-37(43,4)5)14-16-29(38-31-12-9-13-32(40-31)49(46,47)41-34(28)44)27-18-20-42(21-19-27)35(45)48-24-25-10-7-6-8-11-25/h3*6-13,15,17,26-27,29H,14,16,18-24H2,1-5H3,(H,38,40)(H,41,44)/t3*26-,29?/m000/s1. The van der Waals surface area contributed by atoms with E-state index in [9.17, 15) is 54.0 Å². The van der Waals surface area contributed by atoms with Gasteiger partial charge in [0.15, 0.2) is 15.1 Å². The summed E-state index contributed by atoms with van der Waals surface area (Å²) in [6, 6.07) is 53.8. The van der Waals surface area contributed by atoms with Gasteiger partial charge in [-0.3, -0.25) is 14.4 Å². The molecule has 147 heavy (non-hydrogen) atoms. The third-order valence-corrected chi connectivity index (χ3v) is 34.1. The molecule has 0 radical (unpaired) electrons. The van der Waals surface area contributed by atoms with Crippen LogP contribution in [0.2, 0.25) is 0 Å². The molecule has 12 bridgehead atoms. The fourth-order valence-corrected chi connectivity index (χ4v) is 25.0. The molecular weight excluding hydrogens is 1920 g/mol. The van der Waals surface area contributed by atoms with Crippen LogP contribution < -0.4 is 44.8 Å². The topological polar surface area (TPSA) is 401 Å². The van der Waals surface area contributed by atoms with Crippen molar-refractivity contribution in [2.24, 2.45) is 35.5 Å². The van der Waals surface area contributed by atoms with Crippen LogP contribution in [0, 0.1) is 35.5 Å². The number of piperidine rings is 3. The zero-order valence-electron chi connectivity index (χ0n) is 87.3. The maximum atomic E-state index is 13.7. The van der Waals surface area contributed by atoms with E-state index >= 15 is 0 Å². The molecule has 18 rings (SSSR count). The zero-order chi connectivity index (χ0) is 105. The lowest BCUT2D eigenvalue weighted by Crippen LogP contribution is -2.43. The summed E-state index contributed by atoms with van der Waals surface area (Å²) >= 11 is 0. The molecule has 6 fully saturated rings. The van der Waals surface area contributed by atoms with Crippen molar-refractivity contribution in [3.05, 3.63) is 232 Å². The Labute approximate surface area is 866 Å². The molecule has 9 aliphatic heterocycles. The number of hydrogen-bond acceptors (Lipinski definition) is 27. The normalized spacial score (nSPS) is 22.6. The number of carbonyl (C=O) groups excluding carboxylic acids is 6. The number of ether oxygens (including phenoxy) is 3. The van der Waals surface area contributed by atoms with E-state index in [1.54, 1.807) is 87.5 Å². The van der Waals surface area contributed by atoms with Gasteiger partial charge in [0.25, 0.3) is 47.8 Å². The molecule has 0 aliphatic carbocycles. The molecule has 0 spiro atoms. The van der Waals surface area contributed by atoms with Gasteiger partial charge < -0.3 is 59.6 Å². The number of benzene rings is 3. The molecule has 0 saturated carbocycles. The summed E-state index contributed by atoms with van der Waals surface area (Å²) in [5.41, 5.74) is 4.27. The van der Waals surface area contributed by atoms with Crippen molar-refractivity contribution < 1.29 is 68.2 Å². The smallest absolute Gasteiger partial charge is 0.410 e. The van der Waals surface area contributed by atoms with Crippen molar-refractivity contribution in [1.29, 1.82) is 0 Å². The van der Waals surface area contributed by atoms with Gasteiger partial charge in [-0.05, 0) is 263 Å². The molecule has 33 nitrogen and oxygen atoms in total. The van der Waals surface area contributed by atoms with Crippen LogP contribution in [0.4, 0.5) is 49.3 Å². The summed E-state index contributed by atoms with van der Waals surface area (Å²) in [6.45, 7) is 37.9. The van der Waals surface area contributed by atoms with Crippen molar-refractivity contribution in [3.63, 3.8) is 0 Å². The first-order valence-corrected chi connectivity index (χ1v) is 56.2. The maximum absolute atomic E-state index is 13.7. The fourth-order valence-electron chi connectivity index (χ4n) is 22.2. The van der Waals surface area contributed by atoms with Crippen molar-refractivity contribution in [2.45, 2.75) is 286 Å². The molecule has 6 N–H and O–H groups in total. The quantitative estimate of drug-likeness (QED) is 0.0731. The van der Waals surface area contributed by atoms with E-state index in [-0.39, 0.29) is 139 Å². The van der Waals surface area contributed by atoms with Crippen LogP contribution in [0.25, 0.3) is 0 Å². The van der Waals surface area contributed by atoms with Crippen LogP contribution in [-0.4, -0.2) is 200 Å². The van der Waals surface area contributed by atoms with Crippen molar-refractivity contribution in [3.8, 4) is 0 Å². The van der Waals surface area contributed by atoms with E-state index in [4.69, 9.17) is 29.2 Å². The zero-order valence-corrected chi connectivity index (χ0v) is 89.8. The molecular formula is C111H144N18O15S3. The summed E-state index contributed by atoms with van der Waals surface area (Å²) in [5, 5.41) is 9.99. The van der Waals surface area contributed by atoms with Gasteiger partial charge >= 0.3 is 18.3 Å². The number of nitrogens with zero attached hydrogens (tertiary/aromatic N) is 12. The summed E-state index contributed by atoms with van der Waals surface area (Å²) < 4.78 is 105. The molecule has 15 heterocycles. The second-order valence-electron chi connectivity index (χ2n) is 45.9. The molecule has 9 aromatic rings. The number of carbonyl (C=O) groups is 6. The van der Waals surface area contributed by atoms with Gasteiger partial charge in [0.05, 0.1) is 16.7 Å². The number of sulfonamides is 3. The highest BCUT2D eigenvalue weighted by Gasteiger charge is 2.48. The second-order valence-corrected chi connectivity index (χ2v) is 50.8. The number of pyridine rings is 6. The molecule has 6 amide bonds. The first kappa shape index (κ1) is 107. The summed E-state index contributed by atoms with van der Waals surface area (Å²) in [4.78, 5) is 120.